The van der Waals surface area contributed by atoms with Crippen LogP contribution in [0.3, 0.4) is 0 Å². The molecule has 0 spiro atoms. The van der Waals surface area contributed by atoms with Gasteiger partial charge in [0.1, 0.15) is 5.82 Å². The van der Waals surface area contributed by atoms with Crippen LogP contribution in [-0.4, -0.2) is 29.8 Å². The highest BCUT2D eigenvalue weighted by Gasteiger charge is 2.20. The average Bonchev–Trinajstić information content (AvgIpc) is 2.78. The molecule has 108 valence electrons. The van der Waals surface area contributed by atoms with Gasteiger partial charge in [0, 0.05) is 51.4 Å². The Morgan fingerprint density at radius 2 is 2.16 bits per heavy atom. The maximum Gasteiger partial charge on any atom is 0.111 e. The van der Waals surface area contributed by atoms with Gasteiger partial charge in [-0.15, -0.1) is 0 Å². The predicted molar refractivity (Wildman–Crippen MR) is 77.5 cm³/mol. The number of methoxy groups -OCH3 is 1. The second kappa shape index (κ2) is 7.06. The Bertz CT molecular complexity index is 398. The number of nitrogens with one attached hydrogen (secondary N) is 1. The molecule has 0 saturated heterocycles. The third-order valence-electron chi connectivity index (χ3n) is 3.76. The van der Waals surface area contributed by atoms with Crippen molar-refractivity contribution in [2.24, 2.45) is 0 Å². The maximum atomic E-state index is 5.10. The first kappa shape index (κ1) is 14.5. The van der Waals surface area contributed by atoms with Gasteiger partial charge in [0.25, 0.3) is 0 Å². The van der Waals surface area contributed by atoms with E-state index in [-0.39, 0.29) is 0 Å². The van der Waals surface area contributed by atoms with Gasteiger partial charge in [-0.05, 0) is 19.3 Å². The summed E-state index contributed by atoms with van der Waals surface area (Å²) in [6.07, 6.45) is 4.73. The Hall–Kier alpha value is -0.870. The molecule has 1 aromatic rings. The lowest BCUT2D eigenvalue weighted by molar-refractivity contribution is 0.191. The molecule has 0 atom stereocenters. The summed E-state index contributed by atoms with van der Waals surface area (Å²) in [5.41, 5.74) is 2.74. The van der Waals surface area contributed by atoms with E-state index in [0.717, 1.165) is 39.1 Å². The second-order valence-electron chi connectivity index (χ2n) is 5.65. The zero-order chi connectivity index (χ0) is 13.7. The number of rotatable bonds is 7. The van der Waals surface area contributed by atoms with E-state index in [1.165, 1.54) is 30.1 Å². The van der Waals surface area contributed by atoms with Crippen molar-refractivity contribution in [3.8, 4) is 0 Å². The Kier molecular flexibility index (Phi) is 5.40. The van der Waals surface area contributed by atoms with E-state index < -0.39 is 0 Å². The zero-order valence-electron chi connectivity index (χ0n) is 12.5. The summed E-state index contributed by atoms with van der Waals surface area (Å²) in [5, 5.41) is 3.41. The first-order valence-electron chi connectivity index (χ1n) is 7.52. The Balaban J connectivity index is 2.02. The van der Waals surface area contributed by atoms with Crippen LogP contribution in [0.2, 0.25) is 0 Å². The molecule has 4 nitrogen and oxygen atoms in total. The third kappa shape index (κ3) is 3.57. The summed E-state index contributed by atoms with van der Waals surface area (Å²) in [7, 11) is 1.77. The smallest absolute Gasteiger partial charge is 0.111 e. The fourth-order valence-corrected chi connectivity index (χ4v) is 2.77. The van der Waals surface area contributed by atoms with Gasteiger partial charge in [-0.2, -0.15) is 0 Å². The van der Waals surface area contributed by atoms with Crippen LogP contribution in [0.1, 0.15) is 56.2 Å². The van der Waals surface area contributed by atoms with E-state index in [0.29, 0.717) is 5.92 Å². The predicted octanol–water partition coefficient (Wildman–Crippen LogP) is 2.47. The van der Waals surface area contributed by atoms with Gasteiger partial charge in [-0.3, -0.25) is 0 Å². The van der Waals surface area contributed by atoms with Crippen molar-refractivity contribution < 1.29 is 4.74 Å². The van der Waals surface area contributed by atoms with Gasteiger partial charge in [0.05, 0.1) is 5.69 Å². The highest BCUT2D eigenvalue weighted by Crippen LogP contribution is 2.22. The standard InChI is InChI=1S/C15H27N3O/c1-12(2)15-17-13-11-16-8-7-14(13)18(15)9-5-4-6-10-19-3/h12,16H,4-11H2,1-3H3. The minimum Gasteiger partial charge on any atom is -0.385 e. The molecule has 19 heavy (non-hydrogen) atoms. The molecule has 0 amide bonds. The molecular weight excluding hydrogens is 238 g/mol. The summed E-state index contributed by atoms with van der Waals surface area (Å²) < 4.78 is 7.58. The third-order valence-corrected chi connectivity index (χ3v) is 3.76. The van der Waals surface area contributed by atoms with Crippen LogP contribution in [0.15, 0.2) is 0 Å². The molecule has 0 unspecified atom stereocenters. The molecule has 0 aromatic carbocycles. The highest BCUT2D eigenvalue weighted by atomic mass is 16.5. The summed E-state index contributed by atoms with van der Waals surface area (Å²) in [6, 6.07) is 0. The van der Waals surface area contributed by atoms with Crippen LogP contribution in [-0.2, 0) is 24.2 Å². The largest absolute Gasteiger partial charge is 0.385 e. The summed E-state index contributed by atoms with van der Waals surface area (Å²) in [5.74, 6) is 1.77. The zero-order valence-corrected chi connectivity index (χ0v) is 12.5. The number of hydrogen-bond acceptors (Lipinski definition) is 3. The van der Waals surface area contributed by atoms with Crippen molar-refractivity contribution in [1.29, 1.82) is 0 Å². The molecule has 0 fully saturated rings. The van der Waals surface area contributed by atoms with Crippen molar-refractivity contribution in [3.05, 3.63) is 17.2 Å². The van der Waals surface area contributed by atoms with Crippen LogP contribution in [0.25, 0.3) is 0 Å². The number of fused-ring (bicyclic) bond motifs is 1. The monoisotopic (exact) mass is 265 g/mol. The van der Waals surface area contributed by atoms with E-state index >= 15 is 0 Å². The van der Waals surface area contributed by atoms with Crippen molar-refractivity contribution in [3.63, 3.8) is 0 Å². The fourth-order valence-electron chi connectivity index (χ4n) is 2.77. The van der Waals surface area contributed by atoms with Crippen molar-refractivity contribution in [2.75, 3.05) is 20.3 Å². The Morgan fingerprint density at radius 1 is 1.32 bits per heavy atom. The number of unbranched alkanes of at least 4 members (excludes halogenated alkanes) is 2. The lowest BCUT2D eigenvalue weighted by Crippen LogP contribution is -2.25. The Labute approximate surface area is 116 Å². The normalized spacial score (nSPS) is 14.9. The lowest BCUT2D eigenvalue weighted by Gasteiger charge is -2.17. The molecule has 1 aliphatic rings. The van der Waals surface area contributed by atoms with E-state index in [2.05, 4.69) is 23.7 Å². The minimum absolute atomic E-state index is 0.504. The number of hydrogen-bond donors (Lipinski definition) is 1. The molecule has 1 aromatic heterocycles. The van der Waals surface area contributed by atoms with Gasteiger partial charge in [0.2, 0.25) is 0 Å². The van der Waals surface area contributed by atoms with Gasteiger partial charge in [-0.25, -0.2) is 4.98 Å². The fraction of sp³-hybridized carbons (Fsp3) is 0.800. The molecule has 1 N–H and O–H groups in total. The quantitative estimate of drug-likeness (QED) is 0.770. The molecule has 0 radical (unpaired) electrons. The molecule has 2 rings (SSSR count). The number of aromatic nitrogens is 2. The van der Waals surface area contributed by atoms with Crippen molar-refractivity contribution in [1.82, 2.24) is 14.9 Å². The van der Waals surface area contributed by atoms with Crippen LogP contribution < -0.4 is 5.32 Å². The van der Waals surface area contributed by atoms with Crippen molar-refractivity contribution in [2.45, 2.75) is 58.5 Å². The molecule has 2 heterocycles. The van der Waals surface area contributed by atoms with Gasteiger partial charge in [-0.1, -0.05) is 13.8 Å². The van der Waals surface area contributed by atoms with Gasteiger partial charge < -0.3 is 14.6 Å². The Morgan fingerprint density at radius 3 is 2.89 bits per heavy atom. The molecule has 4 heteroatoms. The summed E-state index contributed by atoms with van der Waals surface area (Å²) in [6.45, 7) is 8.49. The minimum atomic E-state index is 0.504. The summed E-state index contributed by atoms with van der Waals surface area (Å²) in [4.78, 5) is 4.84. The van der Waals surface area contributed by atoms with Gasteiger partial charge in [0.15, 0.2) is 0 Å². The van der Waals surface area contributed by atoms with Crippen LogP contribution in [0, 0.1) is 0 Å². The van der Waals surface area contributed by atoms with E-state index in [1.807, 2.05) is 0 Å². The first-order chi connectivity index (χ1) is 9.24. The second-order valence-corrected chi connectivity index (χ2v) is 5.65. The van der Waals surface area contributed by atoms with Crippen LogP contribution in [0.5, 0.6) is 0 Å². The van der Waals surface area contributed by atoms with Crippen molar-refractivity contribution >= 4 is 0 Å². The topological polar surface area (TPSA) is 39.1 Å². The number of ether oxygens (including phenoxy) is 1. The summed E-state index contributed by atoms with van der Waals surface area (Å²) >= 11 is 0. The molecule has 1 aliphatic heterocycles. The maximum absolute atomic E-state index is 5.10. The van der Waals surface area contributed by atoms with Crippen LogP contribution >= 0.6 is 0 Å². The first-order valence-corrected chi connectivity index (χ1v) is 7.52. The molecule has 0 saturated carbocycles. The molecule has 0 bridgehead atoms. The van der Waals surface area contributed by atoms with Gasteiger partial charge >= 0.3 is 0 Å². The number of nitrogens with zero attached hydrogens (tertiary/aromatic N) is 2. The van der Waals surface area contributed by atoms with E-state index in [9.17, 15) is 0 Å². The average molecular weight is 265 g/mol. The lowest BCUT2D eigenvalue weighted by atomic mass is 10.1. The SMILES string of the molecule is COCCCCCn1c(C(C)C)nc2c1CCNC2. The highest BCUT2D eigenvalue weighted by molar-refractivity contribution is 5.21. The van der Waals surface area contributed by atoms with E-state index in [4.69, 9.17) is 9.72 Å². The number of imidazole rings is 1. The van der Waals surface area contributed by atoms with E-state index in [1.54, 1.807) is 7.11 Å². The molecule has 0 aliphatic carbocycles. The molecular formula is C15H27N3O. The van der Waals surface area contributed by atoms with Crippen LogP contribution in [0.4, 0.5) is 0 Å².